The highest BCUT2D eigenvalue weighted by Gasteiger charge is 2.07. The van der Waals surface area contributed by atoms with Crippen LogP contribution in [0.25, 0.3) is 0 Å². The normalized spacial score (nSPS) is 10.4. The number of thiol groups is 1. The molecule has 1 rings (SSSR count). The summed E-state index contributed by atoms with van der Waals surface area (Å²) in [4.78, 5) is 10.5. The lowest BCUT2D eigenvalue weighted by Crippen LogP contribution is -2.02. The maximum Gasteiger partial charge on any atom is 0.387 e. The molecular formula is C10H10F2O2S. The van der Waals surface area contributed by atoms with E-state index in [2.05, 4.69) is 17.4 Å². The summed E-state index contributed by atoms with van der Waals surface area (Å²) in [6.07, 6.45) is 1.79. The first kappa shape index (κ1) is 12.0. The Morgan fingerprint density at radius 2 is 2.20 bits per heavy atom. The van der Waals surface area contributed by atoms with E-state index in [9.17, 15) is 13.6 Å². The van der Waals surface area contributed by atoms with Crippen molar-refractivity contribution in [2.75, 3.05) is 0 Å². The topological polar surface area (TPSA) is 26.3 Å². The highest BCUT2D eigenvalue weighted by molar-refractivity contribution is 7.80. The number of benzene rings is 1. The van der Waals surface area contributed by atoms with Gasteiger partial charge in [0.25, 0.3) is 0 Å². The molecule has 0 aliphatic rings. The van der Waals surface area contributed by atoms with Crippen LogP contribution in [0.4, 0.5) is 8.78 Å². The molecule has 0 atom stereocenters. The van der Waals surface area contributed by atoms with E-state index in [-0.39, 0.29) is 5.75 Å². The molecule has 0 aromatic heterocycles. The Hall–Kier alpha value is -1.10. The Kier molecular flexibility index (Phi) is 4.55. The van der Waals surface area contributed by atoms with Gasteiger partial charge in [-0.2, -0.15) is 8.78 Å². The predicted octanol–water partition coefficient (Wildman–Crippen LogP) is 2.71. The summed E-state index contributed by atoms with van der Waals surface area (Å²) in [5.74, 6) is 0.0446. The summed E-state index contributed by atoms with van der Waals surface area (Å²) in [5, 5.41) is 0. The fourth-order valence-electron chi connectivity index (χ4n) is 1.14. The average molecular weight is 232 g/mol. The van der Waals surface area contributed by atoms with Gasteiger partial charge in [0.05, 0.1) is 0 Å². The van der Waals surface area contributed by atoms with E-state index >= 15 is 0 Å². The quantitative estimate of drug-likeness (QED) is 0.624. The molecule has 1 aromatic carbocycles. The lowest BCUT2D eigenvalue weighted by atomic mass is 10.1. The number of aryl methyl sites for hydroxylation is 1. The van der Waals surface area contributed by atoms with Gasteiger partial charge in [-0.3, -0.25) is 0 Å². The average Bonchev–Trinajstić information content (AvgIpc) is 2.18. The van der Waals surface area contributed by atoms with Crippen LogP contribution in [0, 0.1) is 0 Å². The van der Waals surface area contributed by atoms with Crippen molar-refractivity contribution in [1.29, 1.82) is 0 Å². The second-order valence-corrected chi connectivity index (χ2v) is 3.37. The standard InChI is InChI=1S/C10H10F2O2S/c11-10(12)14-8-4-3-7(2-1-5-13)6-9(8)15/h3-6,10,15H,1-2H2. The summed E-state index contributed by atoms with van der Waals surface area (Å²) in [6, 6.07) is 4.68. The van der Waals surface area contributed by atoms with Crippen molar-refractivity contribution in [2.24, 2.45) is 0 Å². The lowest BCUT2D eigenvalue weighted by molar-refractivity contribution is -0.107. The molecule has 0 unspecified atom stereocenters. The van der Waals surface area contributed by atoms with Crippen LogP contribution in [0.1, 0.15) is 12.0 Å². The molecule has 0 aliphatic carbocycles. The molecule has 0 bridgehead atoms. The van der Waals surface area contributed by atoms with E-state index in [1.165, 1.54) is 6.07 Å². The summed E-state index contributed by atoms with van der Waals surface area (Å²) in [5.41, 5.74) is 0.869. The summed E-state index contributed by atoms with van der Waals surface area (Å²) in [6.45, 7) is -2.85. The molecule has 1 aromatic rings. The molecule has 5 heteroatoms. The number of hydrogen-bond acceptors (Lipinski definition) is 3. The maximum absolute atomic E-state index is 11.9. The first-order chi connectivity index (χ1) is 7.13. The molecule has 0 spiro atoms. The fraction of sp³-hybridized carbons (Fsp3) is 0.300. The van der Waals surface area contributed by atoms with Crippen molar-refractivity contribution in [3.05, 3.63) is 23.8 Å². The molecule has 0 saturated carbocycles. The van der Waals surface area contributed by atoms with E-state index in [4.69, 9.17) is 0 Å². The Balaban J connectivity index is 2.73. The first-order valence-corrected chi connectivity index (χ1v) is 4.78. The molecular weight excluding hydrogens is 222 g/mol. The van der Waals surface area contributed by atoms with Crippen molar-refractivity contribution < 1.29 is 18.3 Å². The van der Waals surface area contributed by atoms with Gasteiger partial charge in [-0.1, -0.05) is 6.07 Å². The summed E-state index contributed by atoms with van der Waals surface area (Å²) >= 11 is 4.02. The Labute approximate surface area is 91.7 Å². The third kappa shape index (κ3) is 3.87. The molecule has 0 aliphatic heterocycles. The zero-order chi connectivity index (χ0) is 11.3. The lowest BCUT2D eigenvalue weighted by Gasteiger charge is -2.08. The van der Waals surface area contributed by atoms with Crippen LogP contribution >= 0.6 is 12.6 Å². The van der Waals surface area contributed by atoms with Gasteiger partial charge in [-0.05, 0) is 24.1 Å². The largest absolute Gasteiger partial charge is 0.434 e. The summed E-state index contributed by atoms with van der Waals surface area (Å²) in [7, 11) is 0. The minimum absolute atomic E-state index is 0.0446. The van der Waals surface area contributed by atoms with Gasteiger partial charge in [0, 0.05) is 11.3 Å². The van der Waals surface area contributed by atoms with Crippen molar-refractivity contribution in [3.8, 4) is 5.75 Å². The van der Waals surface area contributed by atoms with Crippen molar-refractivity contribution in [2.45, 2.75) is 24.3 Å². The number of halogens is 2. The zero-order valence-electron chi connectivity index (χ0n) is 7.82. The number of aldehydes is 1. The third-order valence-corrected chi connectivity index (χ3v) is 2.14. The number of rotatable bonds is 5. The van der Waals surface area contributed by atoms with Gasteiger partial charge >= 0.3 is 6.61 Å². The number of alkyl halides is 2. The highest BCUT2D eigenvalue weighted by atomic mass is 32.1. The van der Waals surface area contributed by atoms with Crippen LogP contribution in [0.15, 0.2) is 23.1 Å². The first-order valence-electron chi connectivity index (χ1n) is 4.34. The van der Waals surface area contributed by atoms with Crippen LogP contribution < -0.4 is 4.74 Å². The van der Waals surface area contributed by atoms with Crippen molar-refractivity contribution in [1.82, 2.24) is 0 Å². The number of ether oxygens (including phenoxy) is 1. The molecule has 0 radical (unpaired) electrons. The van der Waals surface area contributed by atoms with Gasteiger partial charge in [-0.15, -0.1) is 12.6 Å². The molecule has 82 valence electrons. The maximum atomic E-state index is 11.9. The van der Waals surface area contributed by atoms with Crippen LogP contribution in [-0.4, -0.2) is 12.9 Å². The smallest absolute Gasteiger partial charge is 0.387 e. The molecule has 0 amide bonds. The minimum atomic E-state index is -2.85. The SMILES string of the molecule is O=CCCc1ccc(OC(F)F)c(S)c1. The third-order valence-electron chi connectivity index (χ3n) is 1.79. The van der Waals surface area contributed by atoms with Gasteiger partial charge in [-0.25, -0.2) is 0 Å². The second kappa shape index (κ2) is 5.70. The fourth-order valence-corrected chi connectivity index (χ4v) is 1.43. The number of hydrogen-bond donors (Lipinski definition) is 1. The Morgan fingerprint density at radius 3 is 2.73 bits per heavy atom. The molecule has 2 nitrogen and oxygen atoms in total. The van der Waals surface area contributed by atoms with Gasteiger partial charge < -0.3 is 9.53 Å². The predicted molar refractivity (Wildman–Crippen MR) is 54.7 cm³/mol. The van der Waals surface area contributed by atoms with Crippen LogP contribution in [0.5, 0.6) is 5.75 Å². The molecule has 0 fully saturated rings. The number of carbonyl (C=O) groups is 1. The van der Waals surface area contributed by atoms with E-state index < -0.39 is 6.61 Å². The van der Waals surface area contributed by atoms with Crippen LogP contribution in [-0.2, 0) is 11.2 Å². The zero-order valence-corrected chi connectivity index (χ0v) is 8.72. The van der Waals surface area contributed by atoms with E-state index in [0.717, 1.165) is 11.8 Å². The Bertz CT molecular complexity index is 342. The van der Waals surface area contributed by atoms with Gasteiger partial charge in [0.15, 0.2) is 0 Å². The van der Waals surface area contributed by atoms with Crippen molar-refractivity contribution in [3.63, 3.8) is 0 Å². The molecule has 15 heavy (non-hydrogen) atoms. The Morgan fingerprint density at radius 1 is 1.47 bits per heavy atom. The molecule has 0 heterocycles. The molecule has 0 N–H and O–H groups in total. The van der Waals surface area contributed by atoms with Crippen LogP contribution in [0.2, 0.25) is 0 Å². The van der Waals surface area contributed by atoms with E-state index in [1.54, 1.807) is 12.1 Å². The van der Waals surface area contributed by atoms with Gasteiger partial charge in [0.2, 0.25) is 0 Å². The van der Waals surface area contributed by atoms with Crippen molar-refractivity contribution >= 4 is 18.9 Å². The monoisotopic (exact) mass is 232 g/mol. The highest BCUT2D eigenvalue weighted by Crippen LogP contribution is 2.25. The second-order valence-electron chi connectivity index (χ2n) is 2.89. The van der Waals surface area contributed by atoms with Crippen LogP contribution in [0.3, 0.4) is 0 Å². The summed E-state index contributed by atoms with van der Waals surface area (Å²) < 4.78 is 28.0. The van der Waals surface area contributed by atoms with Gasteiger partial charge in [0.1, 0.15) is 12.0 Å². The van der Waals surface area contributed by atoms with E-state index in [0.29, 0.717) is 17.7 Å². The minimum Gasteiger partial charge on any atom is -0.434 e. The number of carbonyl (C=O) groups excluding carboxylic acids is 1. The van der Waals surface area contributed by atoms with E-state index in [1.807, 2.05) is 0 Å². The molecule has 0 saturated heterocycles.